The number of hydrogen-bond donors (Lipinski definition) is 1. The van der Waals surface area contributed by atoms with Gasteiger partial charge in [0.1, 0.15) is 0 Å². The highest BCUT2D eigenvalue weighted by atomic mass is 32.1. The van der Waals surface area contributed by atoms with Gasteiger partial charge in [0.15, 0.2) is 5.82 Å². The second-order valence-electron chi connectivity index (χ2n) is 5.68. The van der Waals surface area contributed by atoms with E-state index < -0.39 is 0 Å². The maximum atomic E-state index is 12.6. The average molecular weight is 360 g/mol. The molecule has 1 saturated carbocycles. The van der Waals surface area contributed by atoms with Crippen molar-refractivity contribution < 1.29 is 4.79 Å². The monoisotopic (exact) mass is 360 g/mol. The number of amides is 1. The Labute approximate surface area is 146 Å². The molecule has 0 radical (unpaired) electrons. The minimum atomic E-state index is -0.121. The van der Waals surface area contributed by atoms with E-state index >= 15 is 0 Å². The molecule has 0 atom stereocenters. The highest BCUT2D eigenvalue weighted by Gasteiger charge is 2.30. The van der Waals surface area contributed by atoms with E-state index in [1.165, 1.54) is 16.0 Å². The first kappa shape index (κ1) is 15.3. The van der Waals surface area contributed by atoms with Gasteiger partial charge in [-0.1, -0.05) is 6.07 Å². The molecule has 0 aromatic carbocycles. The van der Waals surface area contributed by atoms with Crippen LogP contribution in [0.5, 0.6) is 0 Å². The Morgan fingerprint density at radius 2 is 2.21 bits per heavy atom. The third kappa shape index (κ3) is 2.94. The predicted molar refractivity (Wildman–Crippen MR) is 94.7 cm³/mol. The fourth-order valence-electron chi connectivity index (χ4n) is 2.57. The quantitative estimate of drug-likeness (QED) is 0.735. The summed E-state index contributed by atoms with van der Waals surface area (Å²) in [6, 6.07) is 5.99. The van der Waals surface area contributed by atoms with Crippen LogP contribution in [0, 0.1) is 0 Å². The fraction of sp³-hybridized carbons (Fsp3) is 0.312. The van der Waals surface area contributed by atoms with E-state index in [0.717, 1.165) is 23.5 Å². The molecule has 0 bridgehead atoms. The van der Waals surface area contributed by atoms with Crippen molar-refractivity contribution in [2.24, 2.45) is 0 Å². The van der Waals surface area contributed by atoms with Crippen LogP contribution in [0.15, 0.2) is 39.1 Å². The molecule has 1 fully saturated rings. The molecule has 0 saturated heterocycles. The largest absolute Gasteiger partial charge is 0.350 e. The van der Waals surface area contributed by atoms with Crippen LogP contribution in [0.25, 0.3) is 10.7 Å². The molecule has 1 aliphatic rings. The smallest absolute Gasteiger partial charge is 0.346 e. The summed E-state index contributed by atoms with van der Waals surface area (Å²) in [6.07, 6.45) is 2.05. The lowest BCUT2D eigenvalue weighted by atomic mass is 10.3. The molecule has 3 heterocycles. The van der Waals surface area contributed by atoms with Crippen LogP contribution >= 0.6 is 22.7 Å². The number of thiophene rings is 2. The number of carbonyl (C=O) groups excluding carboxylic acids is 1. The maximum Gasteiger partial charge on any atom is 0.346 e. The topological polar surface area (TPSA) is 68.9 Å². The van der Waals surface area contributed by atoms with Gasteiger partial charge in [0, 0.05) is 23.5 Å². The standard InChI is InChI=1S/C16H16N4O2S2/c21-15(11-5-9-23-10-11)17-6-7-19-16(22)20(12-3-4-12)14(18-19)13-2-1-8-24-13/h1-2,5,8-10,12H,3-4,6-7H2,(H,17,21). The lowest BCUT2D eigenvalue weighted by molar-refractivity contribution is 0.0952. The molecule has 24 heavy (non-hydrogen) atoms. The van der Waals surface area contributed by atoms with Gasteiger partial charge in [-0.25, -0.2) is 9.48 Å². The van der Waals surface area contributed by atoms with Crippen LogP contribution < -0.4 is 11.0 Å². The van der Waals surface area contributed by atoms with Gasteiger partial charge < -0.3 is 5.32 Å². The summed E-state index contributed by atoms with van der Waals surface area (Å²) in [7, 11) is 0. The lowest BCUT2D eigenvalue weighted by Gasteiger charge is -2.03. The molecule has 0 unspecified atom stereocenters. The Bertz CT molecular complexity index is 889. The molecule has 4 rings (SSSR count). The second-order valence-corrected chi connectivity index (χ2v) is 7.40. The molecule has 6 nitrogen and oxygen atoms in total. The van der Waals surface area contributed by atoms with Crippen molar-refractivity contribution in [3.05, 3.63) is 50.4 Å². The summed E-state index contributed by atoms with van der Waals surface area (Å²) < 4.78 is 3.26. The van der Waals surface area contributed by atoms with Gasteiger partial charge in [0.2, 0.25) is 0 Å². The van der Waals surface area contributed by atoms with Gasteiger partial charge in [0.05, 0.1) is 11.4 Å². The third-order valence-corrected chi connectivity index (χ3v) is 5.47. The van der Waals surface area contributed by atoms with Gasteiger partial charge in [-0.3, -0.25) is 9.36 Å². The number of carbonyl (C=O) groups is 1. The zero-order chi connectivity index (χ0) is 16.5. The van der Waals surface area contributed by atoms with Crippen LogP contribution in [0.1, 0.15) is 29.2 Å². The molecular weight excluding hydrogens is 344 g/mol. The molecule has 3 aromatic heterocycles. The number of rotatable bonds is 6. The van der Waals surface area contributed by atoms with Crippen LogP contribution in [0.2, 0.25) is 0 Å². The SMILES string of the molecule is O=C(NCCn1nc(-c2cccs2)n(C2CC2)c1=O)c1ccsc1. The first-order chi connectivity index (χ1) is 11.7. The first-order valence-corrected chi connectivity index (χ1v) is 9.60. The molecule has 1 amide bonds. The normalized spacial score (nSPS) is 14.0. The van der Waals surface area contributed by atoms with Crippen molar-refractivity contribution in [1.82, 2.24) is 19.7 Å². The summed E-state index contributed by atoms with van der Waals surface area (Å²) in [6.45, 7) is 0.743. The fourth-order valence-corrected chi connectivity index (χ4v) is 3.91. The molecule has 0 spiro atoms. The van der Waals surface area contributed by atoms with Crippen molar-refractivity contribution in [3.63, 3.8) is 0 Å². The third-order valence-electron chi connectivity index (χ3n) is 3.92. The molecule has 0 aliphatic heterocycles. The highest BCUT2D eigenvalue weighted by molar-refractivity contribution is 7.13. The van der Waals surface area contributed by atoms with Gasteiger partial charge in [0.25, 0.3) is 5.91 Å². The van der Waals surface area contributed by atoms with Crippen molar-refractivity contribution in [2.45, 2.75) is 25.4 Å². The second kappa shape index (κ2) is 6.37. The summed E-state index contributed by atoms with van der Waals surface area (Å²) in [4.78, 5) is 25.6. The van der Waals surface area contributed by atoms with E-state index in [9.17, 15) is 9.59 Å². The number of aromatic nitrogens is 3. The Kier molecular flexibility index (Phi) is 4.07. The van der Waals surface area contributed by atoms with Crippen LogP contribution in [-0.4, -0.2) is 26.8 Å². The average Bonchev–Trinajstić information content (AvgIpc) is 3.01. The Morgan fingerprint density at radius 3 is 2.88 bits per heavy atom. The van der Waals surface area contributed by atoms with Crippen LogP contribution in [0.3, 0.4) is 0 Å². The van der Waals surface area contributed by atoms with Gasteiger partial charge in [-0.05, 0) is 35.7 Å². The molecule has 1 aliphatic carbocycles. The van der Waals surface area contributed by atoms with Crippen LogP contribution in [0.4, 0.5) is 0 Å². The van der Waals surface area contributed by atoms with E-state index in [0.29, 0.717) is 18.7 Å². The minimum absolute atomic E-state index is 0.0920. The van der Waals surface area contributed by atoms with E-state index in [2.05, 4.69) is 10.4 Å². The Balaban J connectivity index is 1.50. The van der Waals surface area contributed by atoms with Gasteiger partial charge in [-0.2, -0.15) is 11.3 Å². The number of nitrogens with zero attached hydrogens (tertiary/aromatic N) is 3. The van der Waals surface area contributed by atoms with Gasteiger partial charge in [-0.15, -0.1) is 16.4 Å². The van der Waals surface area contributed by atoms with E-state index in [1.807, 2.05) is 22.9 Å². The number of nitrogens with one attached hydrogen (secondary N) is 1. The van der Waals surface area contributed by atoms with E-state index in [4.69, 9.17) is 0 Å². The Morgan fingerprint density at radius 1 is 1.33 bits per heavy atom. The predicted octanol–water partition coefficient (Wildman–Crippen LogP) is 2.60. The molecule has 8 heteroatoms. The number of hydrogen-bond acceptors (Lipinski definition) is 5. The van der Waals surface area contributed by atoms with Crippen molar-refractivity contribution in [1.29, 1.82) is 0 Å². The zero-order valence-corrected chi connectivity index (χ0v) is 14.5. The molecule has 1 N–H and O–H groups in total. The maximum absolute atomic E-state index is 12.6. The summed E-state index contributed by atoms with van der Waals surface area (Å²) in [5.41, 5.74) is 0.556. The lowest BCUT2D eigenvalue weighted by Crippen LogP contribution is -2.32. The highest BCUT2D eigenvalue weighted by Crippen LogP contribution is 2.37. The summed E-state index contributed by atoms with van der Waals surface area (Å²) in [5.74, 6) is 0.617. The summed E-state index contributed by atoms with van der Waals surface area (Å²) in [5, 5.41) is 13.0. The van der Waals surface area contributed by atoms with Crippen molar-refractivity contribution >= 4 is 28.6 Å². The zero-order valence-electron chi connectivity index (χ0n) is 12.8. The van der Waals surface area contributed by atoms with Crippen LogP contribution in [-0.2, 0) is 6.54 Å². The van der Waals surface area contributed by atoms with Gasteiger partial charge >= 0.3 is 5.69 Å². The molecule has 124 valence electrons. The first-order valence-electron chi connectivity index (χ1n) is 7.77. The minimum Gasteiger partial charge on any atom is -0.350 e. The Hall–Kier alpha value is -2.19. The van der Waals surface area contributed by atoms with E-state index in [-0.39, 0.29) is 17.6 Å². The van der Waals surface area contributed by atoms with E-state index in [1.54, 1.807) is 27.4 Å². The molecular formula is C16H16N4O2S2. The van der Waals surface area contributed by atoms with Crippen molar-refractivity contribution in [2.75, 3.05) is 6.54 Å². The summed E-state index contributed by atoms with van der Waals surface area (Å²) >= 11 is 3.06. The van der Waals surface area contributed by atoms with Crippen molar-refractivity contribution in [3.8, 4) is 10.7 Å². The molecule has 3 aromatic rings.